The average Bonchev–Trinajstić information content (AvgIpc) is 2.35. The minimum Gasteiger partial charge on any atom is -0.308 e. The molecule has 0 aliphatic rings. The van der Waals surface area contributed by atoms with E-state index in [4.69, 9.17) is 0 Å². The third kappa shape index (κ3) is 2.73. The Labute approximate surface area is 110 Å². The predicted molar refractivity (Wildman–Crippen MR) is 74.0 cm³/mol. The number of halogens is 1. The van der Waals surface area contributed by atoms with Crippen LogP contribution in [0.4, 0.5) is 0 Å². The van der Waals surface area contributed by atoms with E-state index in [1.807, 2.05) is 25.4 Å². The van der Waals surface area contributed by atoms with Gasteiger partial charge in [0, 0.05) is 10.7 Å². The van der Waals surface area contributed by atoms with Crippen LogP contribution < -0.4 is 5.32 Å². The summed E-state index contributed by atoms with van der Waals surface area (Å²) >= 11 is 3.40. The number of nitrogens with zero attached hydrogens (tertiary/aromatic N) is 1. The van der Waals surface area contributed by atoms with Crippen molar-refractivity contribution in [3.05, 3.63) is 63.9 Å². The summed E-state index contributed by atoms with van der Waals surface area (Å²) in [6.07, 6.45) is 1.83. The van der Waals surface area contributed by atoms with Gasteiger partial charge in [-0.2, -0.15) is 0 Å². The molecule has 2 aromatic rings. The van der Waals surface area contributed by atoms with E-state index in [0.717, 1.165) is 10.2 Å². The van der Waals surface area contributed by atoms with Crippen LogP contribution in [0.25, 0.3) is 0 Å². The van der Waals surface area contributed by atoms with Crippen LogP contribution in [0.1, 0.15) is 22.9 Å². The maximum atomic E-state index is 4.46. The lowest BCUT2D eigenvalue weighted by Gasteiger charge is -2.18. The van der Waals surface area contributed by atoms with E-state index in [-0.39, 0.29) is 6.04 Å². The largest absolute Gasteiger partial charge is 0.308 e. The molecule has 0 aliphatic heterocycles. The minimum absolute atomic E-state index is 0.143. The molecule has 1 aromatic carbocycles. The van der Waals surface area contributed by atoms with Gasteiger partial charge in [0.05, 0.1) is 11.7 Å². The van der Waals surface area contributed by atoms with Crippen LogP contribution in [0.2, 0.25) is 0 Å². The number of hydrogen-bond donors (Lipinski definition) is 1. The zero-order chi connectivity index (χ0) is 12.3. The summed E-state index contributed by atoms with van der Waals surface area (Å²) in [5.74, 6) is 0. The zero-order valence-corrected chi connectivity index (χ0v) is 11.5. The fourth-order valence-electron chi connectivity index (χ4n) is 1.93. The molecule has 0 amide bonds. The Balaban J connectivity index is 2.40. The van der Waals surface area contributed by atoms with E-state index in [0.29, 0.717) is 0 Å². The van der Waals surface area contributed by atoms with E-state index in [1.54, 1.807) is 0 Å². The first-order valence-electron chi connectivity index (χ1n) is 5.56. The molecule has 0 bridgehead atoms. The molecule has 2 rings (SSSR count). The normalized spacial score (nSPS) is 12.4. The van der Waals surface area contributed by atoms with Crippen molar-refractivity contribution in [2.75, 3.05) is 7.05 Å². The van der Waals surface area contributed by atoms with Gasteiger partial charge in [-0.1, -0.05) is 24.3 Å². The van der Waals surface area contributed by atoms with Crippen molar-refractivity contribution < 1.29 is 0 Å². The smallest absolute Gasteiger partial charge is 0.0751 e. The quantitative estimate of drug-likeness (QED) is 0.936. The second-order valence-electron chi connectivity index (χ2n) is 3.98. The Morgan fingerprint density at radius 2 is 1.94 bits per heavy atom. The molecule has 0 fully saturated rings. The van der Waals surface area contributed by atoms with Crippen molar-refractivity contribution in [2.24, 2.45) is 0 Å². The number of benzene rings is 1. The summed E-state index contributed by atoms with van der Waals surface area (Å²) in [4.78, 5) is 4.46. The summed E-state index contributed by atoms with van der Waals surface area (Å²) in [6, 6.07) is 12.6. The van der Waals surface area contributed by atoms with Crippen molar-refractivity contribution in [2.45, 2.75) is 13.0 Å². The Morgan fingerprint density at radius 3 is 2.53 bits per heavy atom. The standard InChI is InChI=1S/C14H15BrN2/c1-10-5-3-4-6-12(10)14(16-2)13-8-7-11(15)9-17-13/h3-9,14,16H,1-2H3. The first-order valence-corrected chi connectivity index (χ1v) is 6.36. The Bertz CT molecular complexity index is 494. The highest BCUT2D eigenvalue weighted by atomic mass is 79.9. The average molecular weight is 291 g/mol. The number of aromatic nitrogens is 1. The van der Waals surface area contributed by atoms with Gasteiger partial charge in [0.2, 0.25) is 0 Å². The summed E-state index contributed by atoms with van der Waals surface area (Å²) < 4.78 is 1.00. The number of pyridine rings is 1. The summed E-state index contributed by atoms with van der Waals surface area (Å²) in [5, 5.41) is 3.32. The lowest BCUT2D eigenvalue weighted by molar-refractivity contribution is 0.667. The SMILES string of the molecule is CNC(c1ccc(Br)cn1)c1ccccc1C. The predicted octanol–water partition coefficient (Wildman–Crippen LogP) is 3.46. The molecule has 0 radical (unpaired) electrons. The number of aryl methyl sites for hydroxylation is 1. The van der Waals surface area contributed by atoms with Gasteiger partial charge in [-0.25, -0.2) is 0 Å². The third-order valence-electron chi connectivity index (χ3n) is 2.83. The van der Waals surface area contributed by atoms with Crippen LogP contribution in [-0.2, 0) is 0 Å². The molecule has 0 spiro atoms. The van der Waals surface area contributed by atoms with Gasteiger partial charge >= 0.3 is 0 Å². The molecule has 3 heteroatoms. The van der Waals surface area contributed by atoms with Crippen molar-refractivity contribution in [1.82, 2.24) is 10.3 Å². The monoisotopic (exact) mass is 290 g/mol. The Kier molecular flexibility index (Phi) is 3.92. The molecular weight excluding hydrogens is 276 g/mol. The molecule has 1 atom stereocenters. The summed E-state index contributed by atoms with van der Waals surface area (Å²) in [5.41, 5.74) is 3.58. The molecule has 1 aromatic heterocycles. The van der Waals surface area contributed by atoms with Gasteiger partial charge in [-0.3, -0.25) is 4.98 Å². The van der Waals surface area contributed by atoms with Crippen LogP contribution in [0.3, 0.4) is 0 Å². The molecule has 88 valence electrons. The maximum Gasteiger partial charge on any atom is 0.0751 e. The second kappa shape index (κ2) is 5.43. The fraction of sp³-hybridized carbons (Fsp3) is 0.214. The van der Waals surface area contributed by atoms with Crippen molar-refractivity contribution in [3.8, 4) is 0 Å². The van der Waals surface area contributed by atoms with Crippen molar-refractivity contribution in [1.29, 1.82) is 0 Å². The molecule has 0 saturated carbocycles. The first kappa shape index (κ1) is 12.3. The fourth-order valence-corrected chi connectivity index (χ4v) is 2.17. The van der Waals surface area contributed by atoms with Gasteiger partial charge in [0.25, 0.3) is 0 Å². The highest BCUT2D eigenvalue weighted by molar-refractivity contribution is 9.10. The minimum atomic E-state index is 0.143. The number of nitrogens with one attached hydrogen (secondary N) is 1. The lowest BCUT2D eigenvalue weighted by Crippen LogP contribution is -2.19. The van der Waals surface area contributed by atoms with Crippen LogP contribution in [0, 0.1) is 6.92 Å². The van der Waals surface area contributed by atoms with Crippen molar-refractivity contribution in [3.63, 3.8) is 0 Å². The molecule has 2 nitrogen and oxygen atoms in total. The van der Waals surface area contributed by atoms with E-state index < -0.39 is 0 Å². The lowest BCUT2D eigenvalue weighted by atomic mass is 9.98. The van der Waals surface area contributed by atoms with Gasteiger partial charge in [0.15, 0.2) is 0 Å². The highest BCUT2D eigenvalue weighted by Crippen LogP contribution is 2.23. The molecule has 1 heterocycles. The zero-order valence-electron chi connectivity index (χ0n) is 9.94. The molecule has 1 N–H and O–H groups in total. The molecule has 0 saturated heterocycles. The van der Waals surface area contributed by atoms with E-state index in [2.05, 4.69) is 57.4 Å². The highest BCUT2D eigenvalue weighted by Gasteiger charge is 2.14. The van der Waals surface area contributed by atoms with Crippen LogP contribution >= 0.6 is 15.9 Å². The Morgan fingerprint density at radius 1 is 1.18 bits per heavy atom. The number of hydrogen-bond acceptors (Lipinski definition) is 2. The van der Waals surface area contributed by atoms with Crippen molar-refractivity contribution >= 4 is 15.9 Å². The van der Waals surface area contributed by atoms with Crippen LogP contribution in [-0.4, -0.2) is 12.0 Å². The Hall–Kier alpha value is -1.19. The van der Waals surface area contributed by atoms with E-state index in [1.165, 1.54) is 11.1 Å². The van der Waals surface area contributed by atoms with Gasteiger partial charge in [-0.05, 0) is 53.2 Å². The molecule has 0 aliphatic carbocycles. The first-order chi connectivity index (χ1) is 8.22. The number of rotatable bonds is 3. The molecule has 1 unspecified atom stereocenters. The van der Waals surface area contributed by atoms with Gasteiger partial charge < -0.3 is 5.32 Å². The van der Waals surface area contributed by atoms with Gasteiger partial charge in [0.1, 0.15) is 0 Å². The van der Waals surface area contributed by atoms with Crippen LogP contribution in [0.5, 0.6) is 0 Å². The van der Waals surface area contributed by atoms with Gasteiger partial charge in [-0.15, -0.1) is 0 Å². The molecule has 17 heavy (non-hydrogen) atoms. The van der Waals surface area contributed by atoms with Crippen LogP contribution in [0.15, 0.2) is 47.1 Å². The van der Waals surface area contributed by atoms with E-state index in [9.17, 15) is 0 Å². The summed E-state index contributed by atoms with van der Waals surface area (Å²) in [7, 11) is 1.96. The topological polar surface area (TPSA) is 24.9 Å². The summed E-state index contributed by atoms with van der Waals surface area (Å²) in [6.45, 7) is 2.12. The maximum absolute atomic E-state index is 4.46. The second-order valence-corrected chi connectivity index (χ2v) is 4.90. The third-order valence-corrected chi connectivity index (χ3v) is 3.30. The molecular formula is C14H15BrN2. The van der Waals surface area contributed by atoms with E-state index >= 15 is 0 Å².